The number of H-pyrrole nitrogens is 1. The summed E-state index contributed by atoms with van der Waals surface area (Å²) in [6.07, 6.45) is 0.182. The first-order valence-corrected chi connectivity index (χ1v) is 8.88. The lowest BCUT2D eigenvalue weighted by atomic mass is 10.00. The lowest BCUT2D eigenvalue weighted by Crippen LogP contribution is -2.53. The molecule has 0 unspecified atom stereocenters. The highest BCUT2D eigenvalue weighted by Crippen LogP contribution is 2.17. The highest BCUT2D eigenvalue weighted by molar-refractivity contribution is 5.86. The van der Waals surface area contributed by atoms with Crippen molar-refractivity contribution in [2.24, 2.45) is 11.8 Å². The lowest BCUT2D eigenvalue weighted by Gasteiger charge is -2.27. The Bertz CT molecular complexity index is 958. The van der Waals surface area contributed by atoms with E-state index in [2.05, 4.69) is 10.3 Å². The molecule has 0 aliphatic rings. The van der Waals surface area contributed by atoms with Gasteiger partial charge in [-0.05, 0) is 30.4 Å². The number of fused-ring (bicyclic) bond motifs is 1. The third-order valence-corrected chi connectivity index (χ3v) is 4.32. The maximum absolute atomic E-state index is 12.8. The Kier molecular flexibility index (Phi) is 6.20. The van der Waals surface area contributed by atoms with Gasteiger partial charge >= 0.3 is 5.69 Å². The third kappa shape index (κ3) is 4.45. The molecule has 27 heavy (non-hydrogen) atoms. The first kappa shape index (κ1) is 20.4. The van der Waals surface area contributed by atoms with Crippen LogP contribution in [0.5, 0.6) is 0 Å². The van der Waals surface area contributed by atoms with E-state index in [0.717, 1.165) is 4.57 Å². The van der Waals surface area contributed by atoms with Gasteiger partial charge in [0.1, 0.15) is 6.04 Å². The predicted octanol–water partition coefficient (Wildman–Crippen LogP) is 0.168. The number of nitrogens with zero attached hydrogens (tertiary/aromatic N) is 1. The molecule has 0 aliphatic heterocycles. The number of hydrogen-bond donors (Lipinski definition) is 2. The van der Waals surface area contributed by atoms with E-state index in [1.807, 2.05) is 13.8 Å². The number of nitrogens with one attached hydrogen (secondary N) is 2. The standard InChI is InChI=1S/C19H25N3O5/c1-10(2)9-14(18(25)26)20-16(23)15(11(3)4)22-17(24)12-7-5-6-8-13(12)21-19(22)27/h5-8,10-11,14-15H,9H2,1-4H3,(H,20,23)(H,21,27)(H,25,26)/p-1/t14-,15-/m0/s1. The van der Waals surface area contributed by atoms with E-state index in [4.69, 9.17) is 0 Å². The van der Waals surface area contributed by atoms with Gasteiger partial charge in [-0.3, -0.25) is 9.59 Å². The van der Waals surface area contributed by atoms with Gasteiger partial charge in [-0.1, -0.05) is 39.8 Å². The van der Waals surface area contributed by atoms with E-state index in [9.17, 15) is 24.3 Å². The molecule has 0 bridgehead atoms. The van der Waals surface area contributed by atoms with E-state index in [0.29, 0.717) is 5.52 Å². The van der Waals surface area contributed by atoms with Crippen molar-refractivity contribution in [3.05, 3.63) is 45.1 Å². The van der Waals surface area contributed by atoms with Crippen molar-refractivity contribution in [2.75, 3.05) is 0 Å². The normalized spacial score (nSPS) is 13.7. The fraction of sp³-hybridized carbons (Fsp3) is 0.474. The van der Waals surface area contributed by atoms with E-state index in [-0.39, 0.29) is 17.7 Å². The van der Waals surface area contributed by atoms with Crippen LogP contribution in [-0.4, -0.2) is 27.5 Å². The molecule has 0 radical (unpaired) electrons. The third-order valence-electron chi connectivity index (χ3n) is 4.32. The highest BCUT2D eigenvalue weighted by atomic mass is 16.4. The number of carbonyl (C=O) groups is 2. The van der Waals surface area contributed by atoms with Crippen molar-refractivity contribution in [3.63, 3.8) is 0 Å². The van der Waals surface area contributed by atoms with E-state index < -0.39 is 41.1 Å². The summed E-state index contributed by atoms with van der Waals surface area (Å²) in [7, 11) is 0. The minimum absolute atomic E-state index is 0.0116. The lowest BCUT2D eigenvalue weighted by molar-refractivity contribution is -0.308. The van der Waals surface area contributed by atoms with Gasteiger partial charge in [0, 0.05) is 0 Å². The summed E-state index contributed by atoms with van der Waals surface area (Å²) < 4.78 is 0.851. The zero-order valence-corrected chi connectivity index (χ0v) is 15.8. The van der Waals surface area contributed by atoms with Crippen molar-refractivity contribution < 1.29 is 14.7 Å². The van der Waals surface area contributed by atoms with Crippen LogP contribution >= 0.6 is 0 Å². The van der Waals surface area contributed by atoms with Gasteiger partial charge in [0.15, 0.2) is 0 Å². The summed E-state index contributed by atoms with van der Waals surface area (Å²) in [5.41, 5.74) is -0.947. The SMILES string of the molecule is CC(C)C[C@H](NC(=O)[C@H](C(C)C)n1c(=O)[nH]c2ccccc2c1=O)C(=O)[O-]. The second-order valence-electron chi connectivity index (χ2n) is 7.35. The molecule has 1 aromatic heterocycles. The van der Waals surface area contributed by atoms with Gasteiger partial charge < -0.3 is 20.2 Å². The molecule has 1 heterocycles. The van der Waals surface area contributed by atoms with Crippen LogP contribution in [0.4, 0.5) is 0 Å². The number of carboxylic acid groups (broad SMARTS) is 1. The molecule has 8 heteroatoms. The van der Waals surface area contributed by atoms with Crippen LogP contribution in [-0.2, 0) is 9.59 Å². The molecule has 0 fully saturated rings. The van der Waals surface area contributed by atoms with Crippen LogP contribution in [0.3, 0.4) is 0 Å². The maximum atomic E-state index is 12.8. The molecule has 2 atom stereocenters. The van der Waals surface area contributed by atoms with E-state index in [1.165, 1.54) is 0 Å². The molecular formula is C19H24N3O5-. The van der Waals surface area contributed by atoms with Crippen molar-refractivity contribution in [1.29, 1.82) is 0 Å². The Labute approximate surface area is 156 Å². The van der Waals surface area contributed by atoms with Crippen molar-refractivity contribution >= 4 is 22.8 Å². The predicted molar refractivity (Wildman–Crippen MR) is 99.1 cm³/mol. The number of carboxylic acids is 1. The summed E-state index contributed by atoms with van der Waals surface area (Å²) >= 11 is 0. The fourth-order valence-electron chi connectivity index (χ4n) is 3.09. The van der Waals surface area contributed by atoms with Crippen LogP contribution in [0.15, 0.2) is 33.9 Å². The molecule has 1 aromatic carbocycles. The molecular weight excluding hydrogens is 350 g/mol. The molecule has 2 rings (SSSR count). The van der Waals surface area contributed by atoms with Gasteiger partial charge in [0.25, 0.3) is 5.56 Å². The second-order valence-corrected chi connectivity index (χ2v) is 7.35. The molecule has 0 saturated heterocycles. The van der Waals surface area contributed by atoms with Crippen LogP contribution in [0, 0.1) is 11.8 Å². The first-order valence-electron chi connectivity index (χ1n) is 8.88. The van der Waals surface area contributed by atoms with Crippen LogP contribution < -0.4 is 21.7 Å². The molecule has 0 aliphatic carbocycles. The van der Waals surface area contributed by atoms with Crippen LogP contribution in [0.1, 0.15) is 40.2 Å². The highest BCUT2D eigenvalue weighted by Gasteiger charge is 2.30. The zero-order chi connectivity index (χ0) is 20.3. The molecule has 0 spiro atoms. The first-order chi connectivity index (χ1) is 12.6. The zero-order valence-electron chi connectivity index (χ0n) is 15.8. The summed E-state index contributed by atoms with van der Waals surface area (Å²) in [6, 6.07) is 4.15. The van der Waals surface area contributed by atoms with Gasteiger partial charge in [-0.15, -0.1) is 0 Å². The number of aromatic nitrogens is 2. The largest absolute Gasteiger partial charge is 0.548 e. The van der Waals surface area contributed by atoms with Gasteiger partial charge in [0.05, 0.1) is 22.9 Å². The summed E-state index contributed by atoms with van der Waals surface area (Å²) in [4.78, 5) is 52.1. The number of amides is 1. The number of rotatable bonds is 7. The molecule has 146 valence electrons. The molecule has 1 amide bonds. The second kappa shape index (κ2) is 8.20. The fourth-order valence-corrected chi connectivity index (χ4v) is 3.09. The quantitative estimate of drug-likeness (QED) is 0.715. The monoisotopic (exact) mass is 374 g/mol. The number of hydrogen-bond acceptors (Lipinski definition) is 5. The number of aliphatic carboxylic acids is 1. The molecule has 2 N–H and O–H groups in total. The van der Waals surface area contributed by atoms with Gasteiger partial charge in [-0.2, -0.15) is 0 Å². The molecule has 2 aromatic rings. The Hall–Kier alpha value is -2.90. The average molecular weight is 374 g/mol. The topological polar surface area (TPSA) is 124 Å². The summed E-state index contributed by atoms with van der Waals surface area (Å²) in [5, 5.41) is 14.0. The minimum atomic E-state index is -1.40. The average Bonchev–Trinajstić information content (AvgIpc) is 2.56. The number of para-hydroxylation sites is 1. The summed E-state index contributed by atoms with van der Waals surface area (Å²) in [5.74, 6) is -2.52. The molecule has 8 nitrogen and oxygen atoms in total. The Morgan fingerprint density at radius 1 is 1.15 bits per heavy atom. The van der Waals surface area contributed by atoms with Crippen LogP contribution in [0.2, 0.25) is 0 Å². The van der Waals surface area contributed by atoms with E-state index >= 15 is 0 Å². The number of carbonyl (C=O) groups excluding carboxylic acids is 2. The Balaban J connectivity index is 2.50. The van der Waals surface area contributed by atoms with E-state index in [1.54, 1.807) is 38.1 Å². The smallest absolute Gasteiger partial charge is 0.329 e. The van der Waals surface area contributed by atoms with Crippen molar-refractivity contribution in [2.45, 2.75) is 46.2 Å². The van der Waals surface area contributed by atoms with Crippen molar-refractivity contribution in [1.82, 2.24) is 14.9 Å². The minimum Gasteiger partial charge on any atom is -0.548 e. The Morgan fingerprint density at radius 2 is 1.78 bits per heavy atom. The maximum Gasteiger partial charge on any atom is 0.329 e. The van der Waals surface area contributed by atoms with Crippen LogP contribution in [0.25, 0.3) is 10.9 Å². The number of benzene rings is 1. The molecule has 0 saturated carbocycles. The van der Waals surface area contributed by atoms with Gasteiger partial charge in [0.2, 0.25) is 5.91 Å². The van der Waals surface area contributed by atoms with Crippen molar-refractivity contribution in [3.8, 4) is 0 Å². The Morgan fingerprint density at radius 3 is 2.33 bits per heavy atom. The van der Waals surface area contributed by atoms with Gasteiger partial charge in [-0.25, -0.2) is 9.36 Å². The number of aromatic amines is 1. The summed E-state index contributed by atoms with van der Waals surface area (Å²) in [6.45, 7) is 7.00.